The Hall–Kier alpha value is -2.37. The van der Waals surface area contributed by atoms with Gasteiger partial charge in [0, 0.05) is 25.2 Å². The number of hydrogen-bond donors (Lipinski definition) is 1. The van der Waals surface area contributed by atoms with Crippen molar-refractivity contribution >= 4 is 15.9 Å². The van der Waals surface area contributed by atoms with Crippen molar-refractivity contribution in [3.8, 4) is 17.5 Å². The summed E-state index contributed by atoms with van der Waals surface area (Å²) in [7, 11) is -3.47. The number of oxazole rings is 1. The lowest BCUT2D eigenvalue weighted by atomic mass is 10.2. The Bertz CT molecular complexity index is 921. The van der Waals surface area contributed by atoms with Crippen molar-refractivity contribution in [3.63, 3.8) is 0 Å². The van der Waals surface area contributed by atoms with Crippen molar-refractivity contribution < 1.29 is 12.8 Å². The number of sulfonamides is 1. The van der Waals surface area contributed by atoms with E-state index >= 15 is 0 Å². The molecule has 7 nitrogen and oxygen atoms in total. The van der Waals surface area contributed by atoms with Crippen LogP contribution in [0, 0.1) is 17.2 Å². The van der Waals surface area contributed by atoms with Crippen molar-refractivity contribution in [2.75, 3.05) is 25.0 Å². The van der Waals surface area contributed by atoms with Crippen LogP contribution in [0.4, 0.5) is 5.88 Å². The monoisotopic (exact) mass is 388 g/mol. The third-order valence-corrected chi connectivity index (χ3v) is 6.37. The molecule has 1 aliphatic heterocycles. The molecular weight excluding hydrogens is 364 g/mol. The molecule has 2 aromatic rings. The molecule has 144 valence electrons. The lowest BCUT2D eigenvalue weighted by Crippen LogP contribution is -2.35. The standard InChI is InChI=1S/C19H24N4O3S/c1-14(2)13-21-19-17(12-20)22-18(26-19)15-6-8-16(9-7-15)27(24,25)23-10-4-3-5-11-23/h6-9,14,21H,3-5,10-11,13H2,1-2H3. The molecule has 2 heterocycles. The minimum Gasteiger partial charge on any atom is -0.419 e. The van der Waals surface area contributed by atoms with Crippen LogP contribution in [-0.2, 0) is 10.0 Å². The maximum Gasteiger partial charge on any atom is 0.243 e. The second kappa shape index (κ2) is 8.11. The molecule has 8 heteroatoms. The number of piperidine rings is 1. The normalized spacial score (nSPS) is 15.6. The predicted octanol–water partition coefficient (Wildman–Crippen LogP) is 3.46. The van der Waals surface area contributed by atoms with Gasteiger partial charge in [-0.3, -0.25) is 0 Å². The Kier molecular flexibility index (Phi) is 5.82. The SMILES string of the molecule is CC(C)CNc1oc(-c2ccc(S(=O)(=O)N3CCCCC3)cc2)nc1C#N. The summed E-state index contributed by atoms with van der Waals surface area (Å²) < 4.78 is 32.7. The highest BCUT2D eigenvalue weighted by atomic mass is 32.2. The summed E-state index contributed by atoms with van der Waals surface area (Å²) in [6.45, 7) is 5.91. The van der Waals surface area contributed by atoms with Crippen molar-refractivity contribution in [3.05, 3.63) is 30.0 Å². The van der Waals surface area contributed by atoms with E-state index in [0.29, 0.717) is 42.9 Å². The second-order valence-electron chi connectivity index (χ2n) is 7.07. The maximum atomic E-state index is 12.7. The zero-order valence-electron chi connectivity index (χ0n) is 15.6. The third kappa shape index (κ3) is 4.31. The van der Waals surface area contributed by atoms with Gasteiger partial charge in [0.25, 0.3) is 0 Å². The molecule has 0 spiro atoms. The molecule has 0 unspecified atom stereocenters. The van der Waals surface area contributed by atoms with Gasteiger partial charge in [0.05, 0.1) is 4.90 Å². The van der Waals surface area contributed by atoms with E-state index in [-0.39, 0.29) is 10.6 Å². The van der Waals surface area contributed by atoms with Gasteiger partial charge in [0.1, 0.15) is 6.07 Å². The van der Waals surface area contributed by atoms with Crippen LogP contribution in [0.5, 0.6) is 0 Å². The number of nitriles is 1. The van der Waals surface area contributed by atoms with Crippen LogP contribution >= 0.6 is 0 Å². The number of aromatic nitrogens is 1. The number of rotatable bonds is 6. The van der Waals surface area contributed by atoms with Crippen LogP contribution in [0.15, 0.2) is 33.6 Å². The smallest absolute Gasteiger partial charge is 0.243 e. The Labute approximate surface area is 160 Å². The van der Waals surface area contributed by atoms with Crippen LogP contribution in [0.1, 0.15) is 38.8 Å². The molecule has 1 fully saturated rings. The lowest BCUT2D eigenvalue weighted by molar-refractivity contribution is 0.346. The highest BCUT2D eigenvalue weighted by molar-refractivity contribution is 7.89. The zero-order valence-corrected chi connectivity index (χ0v) is 16.4. The van der Waals surface area contributed by atoms with Crippen molar-refractivity contribution in [1.29, 1.82) is 5.26 Å². The Morgan fingerprint density at radius 1 is 1.22 bits per heavy atom. The highest BCUT2D eigenvalue weighted by Gasteiger charge is 2.26. The molecule has 1 aromatic carbocycles. The topological polar surface area (TPSA) is 99.2 Å². The maximum absolute atomic E-state index is 12.7. The first-order chi connectivity index (χ1) is 12.9. The van der Waals surface area contributed by atoms with Gasteiger partial charge in [-0.15, -0.1) is 0 Å². The fraction of sp³-hybridized carbons (Fsp3) is 0.474. The molecule has 0 atom stereocenters. The molecule has 0 amide bonds. The summed E-state index contributed by atoms with van der Waals surface area (Å²) >= 11 is 0. The van der Waals surface area contributed by atoms with Gasteiger partial charge in [-0.1, -0.05) is 20.3 Å². The number of benzene rings is 1. The second-order valence-corrected chi connectivity index (χ2v) is 9.01. The van der Waals surface area contributed by atoms with E-state index in [1.165, 1.54) is 0 Å². The number of nitrogens with zero attached hydrogens (tertiary/aromatic N) is 3. The molecule has 1 aliphatic rings. The van der Waals surface area contributed by atoms with E-state index < -0.39 is 10.0 Å². The summed E-state index contributed by atoms with van der Waals surface area (Å²) in [4.78, 5) is 4.47. The summed E-state index contributed by atoms with van der Waals surface area (Å²) in [5.74, 6) is 1.02. The van der Waals surface area contributed by atoms with Crippen molar-refractivity contribution in [1.82, 2.24) is 9.29 Å². The van der Waals surface area contributed by atoms with Gasteiger partial charge in [-0.05, 0) is 43.0 Å². The number of anilines is 1. The van der Waals surface area contributed by atoms with E-state index in [1.54, 1.807) is 28.6 Å². The van der Waals surface area contributed by atoms with Crippen LogP contribution < -0.4 is 5.32 Å². The molecule has 0 radical (unpaired) electrons. The molecule has 1 aromatic heterocycles. The van der Waals surface area contributed by atoms with E-state index in [0.717, 1.165) is 19.3 Å². The van der Waals surface area contributed by atoms with Gasteiger partial charge >= 0.3 is 0 Å². The average molecular weight is 388 g/mol. The largest absolute Gasteiger partial charge is 0.419 e. The molecule has 0 bridgehead atoms. The van der Waals surface area contributed by atoms with Gasteiger partial charge in [-0.2, -0.15) is 14.6 Å². The van der Waals surface area contributed by atoms with E-state index in [9.17, 15) is 13.7 Å². The fourth-order valence-electron chi connectivity index (χ4n) is 2.96. The van der Waals surface area contributed by atoms with Crippen LogP contribution in [0.25, 0.3) is 11.5 Å². The molecular formula is C19H24N4O3S. The predicted molar refractivity (Wildman–Crippen MR) is 103 cm³/mol. The first-order valence-electron chi connectivity index (χ1n) is 9.17. The Balaban J connectivity index is 1.82. The molecule has 0 saturated carbocycles. The molecule has 27 heavy (non-hydrogen) atoms. The van der Waals surface area contributed by atoms with Crippen molar-refractivity contribution in [2.45, 2.75) is 38.0 Å². The quantitative estimate of drug-likeness (QED) is 0.813. The zero-order chi connectivity index (χ0) is 19.4. The minimum atomic E-state index is -3.47. The van der Waals surface area contributed by atoms with E-state index in [4.69, 9.17) is 4.42 Å². The molecule has 1 N–H and O–H groups in total. The first kappa shape index (κ1) is 19.4. The van der Waals surface area contributed by atoms with Crippen LogP contribution in [0.3, 0.4) is 0 Å². The van der Waals surface area contributed by atoms with Crippen molar-refractivity contribution in [2.24, 2.45) is 5.92 Å². The summed E-state index contributed by atoms with van der Waals surface area (Å²) in [5, 5.41) is 12.3. The van der Waals surface area contributed by atoms with E-state index in [1.807, 2.05) is 6.07 Å². The molecule has 1 saturated heterocycles. The summed E-state index contributed by atoms with van der Waals surface area (Å²) in [5.41, 5.74) is 0.817. The summed E-state index contributed by atoms with van der Waals surface area (Å²) in [6, 6.07) is 8.48. The average Bonchev–Trinajstić information content (AvgIpc) is 3.10. The third-order valence-electron chi connectivity index (χ3n) is 4.46. The van der Waals surface area contributed by atoms with Gasteiger partial charge in [-0.25, -0.2) is 8.42 Å². The van der Waals surface area contributed by atoms with E-state index in [2.05, 4.69) is 24.1 Å². The Morgan fingerprint density at radius 2 is 1.89 bits per heavy atom. The fourth-order valence-corrected chi connectivity index (χ4v) is 4.48. The lowest BCUT2D eigenvalue weighted by Gasteiger charge is -2.25. The van der Waals surface area contributed by atoms with Gasteiger partial charge in [0.2, 0.25) is 27.5 Å². The summed E-state index contributed by atoms with van der Waals surface area (Å²) in [6.07, 6.45) is 2.87. The minimum absolute atomic E-state index is 0.190. The van der Waals surface area contributed by atoms with Crippen LogP contribution in [0.2, 0.25) is 0 Å². The number of nitrogens with one attached hydrogen (secondary N) is 1. The van der Waals surface area contributed by atoms with Gasteiger partial charge in [0.15, 0.2) is 0 Å². The first-order valence-corrected chi connectivity index (χ1v) is 10.6. The molecule has 0 aliphatic carbocycles. The van der Waals surface area contributed by atoms with Crippen LogP contribution in [-0.4, -0.2) is 37.3 Å². The van der Waals surface area contributed by atoms with Gasteiger partial charge < -0.3 is 9.73 Å². The highest BCUT2D eigenvalue weighted by Crippen LogP contribution is 2.27. The number of hydrogen-bond acceptors (Lipinski definition) is 6. The Morgan fingerprint density at radius 3 is 2.48 bits per heavy atom. The molecule has 3 rings (SSSR count).